The van der Waals surface area contributed by atoms with Crippen molar-refractivity contribution in [3.63, 3.8) is 0 Å². The van der Waals surface area contributed by atoms with Gasteiger partial charge < -0.3 is 10.1 Å². The first-order valence-corrected chi connectivity index (χ1v) is 10.1. The smallest absolute Gasteiger partial charge is 0.241 e. The van der Waals surface area contributed by atoms with Gasteiger partial charge in [0, 0.05) is 0 Å². The number of carbonyl (C=O) groups excluding carboxylic acids is 1. The maximum absolute atomic E-state index is 12.3. The van der Waals surface area contributed by atoms with Crippen molar-refractivity contribution in [2.24, 2.45) is 0 Å². The second kappa shape index (κ2) is 8.71. The van der Waals surface area contributed by atoms with Crippen molar-refractivity contribution in [3.8, 4) is 5.75 Å². The van der Waals surface area contributed by atoms with Crippen molar-refractivity contribution in [3.05, 3.63) is 60.2 Å². The van der Waals surface area contributed by atoms with E-state index < -0.39 is 10.0 Å². The fraction of sp³-hybridized carbons (Fsp3) is 0.316. The summed E-state index contributed by atoms with van der Waals surface area (Å²) in [6.45, 7) is 3.81. The molecular weight excluding hydrogens is 352 g/mol. The van der Waals surface area contributed by atoms with Gasteiger partial charge in [-0.3, -0.25) is 9.10 Å². The van der Waals surface area contributed by atoms with Crippen molar-refractivity contribution in [1.29, 1.82) is 0 Å². The number of carbonyl (C=O) groups is 1. The van der Waals surface area contributed by atoms with Gasteiger partial charge >= 0.3 is 0 Å². The van der Waals surface area contributed by atoms with Crippen LogP contribution in [0.15, 0.2) is 54.6 Å². The third-order valence-electron chi connectivity index (χ3n) is 3.66. The van der Waals surface area contributed by atoms with Crippen LogP contribution in [0.5, 0.6) is 5.75 Å². The van der Waals surface area contributed by atoms with Gasteiger partial charge in [0.25, 0.3) is 0 Å². The summed E-state index contributed by atoms with van der Waals surface area (Å²) in [6, 6.07) is 15.9. The third kappa shape index (κ3) is 6.07. The van der Waals surface area contributed by atoms with Gasteiger partial charge in [0.1, 0.15) is 18.9 Å². The lowest BCUT2D eigenvalue weighted by atomic mass is 10.2. The first kappa shape index (κ1) is 19.8. The normalized spacial score (nSPS) is 12.3. The van der Waals surface area contributed by atoms with Crippen LogP contribution in [0.4, 0.5) is 5.69 Å². The van der Waals surface area contributed by atoms with Crippen LogP contribution in [0.3, 0.4) is 0 Å². The number of rotatable bonds is 8. The highest BCUT2D eigenvalue weighted by Crippen LogP contribution is 2.16. The first-order valence-electron chi connectivity index (χ1n) is 8.27. The molecule has 0 unspecified atom stereocenters. The Hall–Kier alpha value is -2.54. The van der Waals surface area contributed by atoms with Gasteiger partial charge in [-0.15, -0.1) is 0 Å². The van der Waals surface area contributed by atoms with Crippen molar-refractivity contribution in [2.45, 2.75) is 19.9 Å². The van der Waals surface area contributed by atoms with Gasteiger partial charge in [-0.1, -0.05) is 35.9 Å². The molecule has 0 aliphatic carbocycles. The molecule has 0 bridgehead atoms. The van der Waals surface area contributed by atoms with E-state index in [1.807, 2.05) is 31.2 Å². The molecule has 0 spiro atoms. The number of anilines is 1. The summed E-state index contributed by atoms with van der Waals surface area (Å²) in [7, 11) is -3.57. The lowest BCUT2D eigenvalue weighted by Gasteiger charge is -2.23. The van der Waals surface area contributed by atoms with E-state index in [0.717, 1.165) is 21.9 Å². The predicted molar refractivity (Wildman–Crippen MR) is 103 cm³/mol. The van der Waals surface area contributed by atoms with E-state index in [9.17, 15) is 13.2 Å². The SMILES string of the molecule is Cc1ccc(OC[C@H](C)NC(=O)CN(c2ccccc2)S(C)(=O)=O)cc1. The third-order valence-corrected chi connectivity index (χ3v) is 4.80. The Bertz CT molecular complexity index is 820. The van der Waals surface area contributed by atoms with Gasteiger partial charge in [-0.25, -0.2) is 8.42 Å². The average molecular weight is 376 g/mol. The monoisotopic (exact) mass is 376 g/mol. The molecule has 0 heterocycles. The summed E-state index contributed by atoms with van der Waals surface area (Å²) >= 11 is 0. The summed E-state index contributed by atoms with van der Waals surface area (Å²) in [5.74, 6) is 0.332. The Morgan fingerprint density at radius 2 is 1.73 bits per heavy atom. The van der Waals surface area contributed by atoms with Crippen LogP contribution in [0, 0.1) is 6.92 Å². The van der Waals surface area contributed by atoms with Crippen molar-refractivity contribution in [2.75, 3.05) is 23.7 Å². The largest absolute Gasteiger partial charge is 0.491 e. The summed E-state index contributed by atoms with van der Waals surface area (Å²) in [4.78, 5) is 12.3. The molecule has 0 saturated heterocycles. The van der Waals surface area contributed by atoms with Crippen LogP contribution in [0.1, 0.15) is 12.5 Å². The van der Waals surface area contributed by atoms with E-state index in [1.54, 1.807) is 37.3 Å². The molecule has 7 heteroatoms. The van der Waals surface area contributed by atoms with Crippen LogP contribution >= 0.6 is 0 Å². The van der Waals surface area contributed by atoms with E-state index in [-0.39, 0.29) is 18.5 Å². The van der Waals surface area contributed by atoms with Gasteiger partial charge in [0.05, 0.1) is 18.0 Å². The number of hydrogen-bond acceptors (Lipinski definition) is 4. The van der Waals surface area contributed by atoms with Crippen molar-refractivity contribution < 1.29 is 17.9 Å². The quantitative estimate of drug-likeness (QED) is 0.767. The number of nitrogens with zero attached hydrogens (tertiary/aromatic N) is 1. The zero-order valence-electron chi connectivity index (χ0n) is 15.2. The number of nitrogens with one attached hydrogen (secondary N) is 1. The maximum atomic E-state index is 12.3. The molecule has 6 nitrogen and oxygen atoms in total. The molecule has 2 aromatic rings. The Labute approximate surface area is 154 Å². The van der Waals surface area contributed by atoms with E-state index in [4.69, 9.17) is 4.74 Å². The molecule has 0 saturated carbocycles. The number of hydrogen-bond donors (Lipinski definition) is 1. The molecule has 0 aliphatic heterocycles. The molecule has 0 fully saturated rings. The molecule has 0 aromatic heterocycles. The predicted octanol–water partition coefficient (Wildman–Crippen LogP) is 2.34. The summed E-state index contributed by atoms with van der Waals surface area (Å²) < 4.78 is 30.7. The lowest BCUT2D eigenvalue weighted by Crippen LogP contribution is -2.44. The minimum absolute atomic E-state index is 0.263. The van der Waals surface area contributed by atoms with Crippen molar-refractivity contribution >= 4 is 21.6 Å². The topological polar surface area (TPSA) is 75.7 Å². The highest BCUT2D eigenvalue weighted by Gasteiger charge is 2.21. The molecule has 0 aliphatic rings. The Balaban J connectivity index is 1.92. The van der Waals surface area contributed by atoms with E-state index in [2.05, 4.69) is 5.32 Å². The van der Waals surface area contributed by atoms with Crippen LogP contribution < -0.4 is 14.4 Å². The molecule has 1 N–H and O–H groups in total. The molecule has 2 aromatic carbocycles. The fourth-order valence-corrected chi connectivity index (χ4v) is 3.20. The molecule has 2 rings (SSSR count). The van der Waals surface area contributed by atoms with Gasteiger partial charge in [0.2, 0.25) is 15.9 Å². The Kier molecular flexibility index (Phi) is 6.63. The molecule has 140 valence electrons. The van der Waals surface area contributed by atoms with Gasteiger partial charge in [-0.05, 0) is 38.1 Å². The summed E-state index contributed by atoms with van der Waals surface area (Å²) in [5.41, 5.74) is 1.59. The Morgan fingerprint density at radius 1 is 1.12 bits per heavy atom. The molecule has 1 atom stereocenters. The molecule has 0 radical (unpaired) electrons. The minimum atomic E-state index is -3.57. The number of ether oxygens (including phenoxy) is 1. The van der Waals surface area contributed by atoms with Crippen LogP contribution in [-0.2, 0) is 14.8 Å². The lowest BCUT2D eigenvalue weighted by molar-refractivity contribution is -0.120. The second-order valence-corrected chi connectivity index (χ2v) is 8.10. The number of para-hydroxylation sites is 1. The van der Waals surface area contributed by atoms with E-state index >= 15 is 0 Å². The summed E-state index contributed by atoms with van der Waals surface area (Å²) in [5, 5.41) is 2.76. The molecule has 26 heavy (non-hydrogen) atoms. The zero-order chi connectivity index (χ0) is 19.2. The number of amides is 1. The van der Waals surface area contributed by atoms with E-state index in [0.29, 0.717) is 12.3 Å². The van der Waals surface area contributed by atoms with Gasteiger partial charge in [0.15, 0.2) is 0 Å². The highest BCUT2D eigenvalue weighted by atomic mass is 32.2. The second-order valence-electron chi connectivity index (χ2n) is 6.20. The van der Waals surface area contributed by atoms with Crippen LogP contribution in [0.2, 0.25) is 0 Å². The molecule has 1 amide bonds. The van der Waals surface area contributed by atoms with Crippen LogP contribution in [0.25, 0.3) is 0 Å². The number of aryl methyl sites for hydroxylation is 1. The zero-order valence-corrected chi connectivity index (χ0v) is 16.0. The minimum Gasteiger partial charge on any atom is -0.491 e. The standard InChI is InChI=1S/C19H24N2O4S/c1-15-9-11-18(12-10-15)25-14-16(2)20-19(22)13-21(26(3,23)24)17-7-5-4-6-8-17/h4-12,16H,13-14H2,1-3H3,(H,20,22)/t16-/m0/s1. The van der Waals surface area contributed by atoms with Crippen LogP contribution in [-0.4, -0.2) is 39.8 Å². The first-order chi connectivity index (χ1) is 12.3. The van der Waals surface area contributed by atoms with Gasteiger partial charge in [-0.2, -0.15) is 0 Å². The Morgan fingerprint density at radius 3 is 2.31 bits per heavy atom. The fourth-order valence-electron chi connectivity index (χ4n) is 2.34. The summed E-state index contributed by atoms with van der Waals surface area (Å²) in [6.07, 6.45) is 1.08. The number of sulfonamides is 1. The highest BCUT2D eigenvalue weighted by molar-refractivity contribution is 7.92. The average Bonchev–Trinajstić information content (AvgIpc) is 2.59. The van der Waals surface area contributed by atoms with E-state index in [1.165, 1.54) is 0 Å². The number of benzene rings is 2. The van der Waals surface area contributed by atoms with Crippen molar-refractivity contribution in [1.82, 2.24) is 5.32 Å². The molecular formula is C19H24N2O4S. The maximum Gasteiger partial charge on any atom is 0.241 e.